The first-order chi connectivity index (χ1) is 7.72. The predicted octanol–water partition coefficient (Wildman–Crippen LogP) is 2.67. The molecule has 90 valence electrons. The van der Waals surface area contributed by atoms with Crippen LogP contribution in [-0.2, 0) is 6.42 Å². The minimum Gasteiger partial charge on any atom is -0.315 e. The van der Waals surface area contributed by atoms with Crippen LogP contribution in [0.2, 0.25) is 0 Å². The summed E-state index contributed by atoms with van der Waals surface area (Å²) in [6, 6.07) is 5.84. The van der Waals surface area contributed by atoms with Crippen molar-refractivity contribution in [3.8, 4) is 0 Å². The van der Waals surface area contributed by atoms with Gasteiger partial charge in [-0.25, -0.2) is 0 Å². The summed E-state index contributed by atoms with van der Waals surface area (Å²) < 4.78 is 0. The lowest BCUT2D eigenvalue weighted by Crippen LogP contribution is -2.35. The van der Waals surface area contributed by atoms with Gasteiger partial charge >= 0.3 is 0 Å². The number of likely N-dealkylation sites (N-methyl/N-ethyl adjacent to an activating group) is 1. The Labute approximate surface area is 103 Å². The zero-order chi connectivity index (χ0) is 11.5. The van der Waals surface area contributed by atoms with E-state index in [4.69, 9.17) is 0 Å². The Balaban J connectivity index is 2.02. The standard InChI is InChI=1S/C13H22N2S/c1-4-12-5-6-13(16-12)10(2)15(3)11-7-8-14-9-11/h5-6,10-11,14H,4,7-9H2,1-3H3. The highest BCUT2D eigenvalue weighted by Gasteiger charge is 2.24. The molecule has 0 spiro atoms. The molecule has 1 aromatic rings. The molecule has 3 heteroatoms. The Hall–Kier alpha value is -0.380. The fourth-order valence-corrected chi connectivity index (χ4v) is 3.37. The van der Waals surface area contributed by atoms with Crippen LogP contribution < -0.4 is 5.32 Å². The smallest absolute Gasteiger partial charge is 0.0413 e. The van der Waals surface area contributed by atoms with Gasteiger partial charge in [0, 0.05) is 28.4 Å². The van der Waals surface area contributed by atoms with Crippen molar-refractivity contribution < 1.29 is 0 Å². The van der Waals surface area contributed by atoms with E-state index in [0.717, 1.165) is 13.0 Å². The molecule has 0 aliphatic carbocycles. The van der Waals surface area contributed by atoms with Crippen LogP contribution >= 0.6 is 11.3 Å². The van der Waals surface area contributed by atoms with E-state index in [1.165, 1.54) is 22.7 Å². The molecule has 2 atom stereocenters. The predicted molar refractivity (Wildman–Crippen MR) is 71.1 cm³/mol. The van der Waals surface area contributed by atoms with Gasteiger partial charge in [0.05, 0.1) is 0 Å². The molecule has 2 nitrogen and oxygen atoms in total. The number of thiophene rings is 1. The molecule has 2 rings (SSSR count). The molecule has 1 N–H and O–H groups in total. The molecular weight excluding hydrogens is 216 g/mol. The average molecular weight is 238 g/mol. The summed E-state index contributed by atoms with van der Waals surface area (Å²) in [6.45, 7) is 6.87. The summed E-state index contributed by atoms with van der Waals surface area (Å²) in [7, 11) is 2.26. The average Bonchev–Trinajstić information content (AvgIpc) is 2.97. The quantitative estimate of drug-likeness (QED) is 0.867. The van der Waals surface area contributed by atoms with Crippen molar-refractivity contribution >= 4 is 11.3 Å². The third-order valence-corrected chi connectivity index (χ3v) is 5.06. The lowest BCUT2D eigenvalue weighted by Gasteiger charge is -2.29. The first-order valence-electron chi connectivity index (χ1n) is 6.23. The van der Waals surface area contributed by atoms with Gasteiger partial charge in [-0.1, -0.05) is 6.92 Å². The molecule has 1 aliphatic rings. The topological polar surface area (TPSA) is 15.3 Å². The third-order valence-electron chi connectivity index (χ3n) is 3.66. The van der Waals surface area contributed by atoms with Gasteiger partial charge < -0.3 is 5.32 Å². The highest BCUT2D eigenvalue weighted by Crippen LogP contribution is 2.29. The van der Waals surface area contributed by atoms with E-state index in [-0.39, 0.29) is 0 Å². The number of nitrogens with zero attached hydrogens (tertiary/aromatic N) is 1. The highest BCUT2D eigenvalue weighted by molar-refractivity contribution is 7.12. The monoisotopic (exact) mass is 238 g/mol. The van der Waals surface area contributed by atoms with Gasteiger partial charge in [0.2, 0.25) is 0 Å². The summed E-state index contributed by atoms with van der Waals surface area (Å²) in [5.41, 5.74) is 0. The second-order valence-corrected chi connectivity index (χ2v) is 5.85. The van der Waals surface area contributed by atoms with Crippen molar-refractivity contribution in [3.05, 3.63) is 21.9 Å². The molecule has 0 saturated carbocycles. The molecule has 16 heavy (non-hydrogen) atoms. The number of aryl methyl sites for hydroxylation is 1. The van der Waals surface area contributed by atoms with E-state index in [0.29, 0.717) is 12.1 Å². The van der Waals surface area contributed by atoms with Gasteiger partial charge in [-0.3, -0.25) is 4.90 Å². The van der Waals surface area contributed by atoms with Crippen molar-refractivity contribution in [1.82, 2.24) is 10.2 Å². The van der Waals surface area contributed by atoms with Crippen molar-refractivity contribution in [1.29, 1.82) is 0 Å². The molecule has 0 amide bonds. The Bertz CT molecular complexity index is 328. The van der Waals surface area contributed by atoms with Crippen LogP contribution in [0.5, 0.6) is 0 Å². The second-order valence-electron chi connectivity index (χ2n) is 4.65. The molecular formula is C13H22N2S. The molecule has 1 fully saturated rings. The molecule has 1 saturated heterocycles. The molecule has 1 aromatic heterocycles. The number of rotatable bonds is 4. The Morgan fingerprint density at radius 2 is 2.38 bits per heavy atom. The van der Waals surface area contributed by atoms with Gasteiger partial charge in [-0.05, 0) is 45.5 Å². The van der Waals surface area contributed by atoms with Crippen LogP contribution in [-0.4, -0.2) is 31.1 Å². The molecule has 0 bridgehead atoms. The minimum absolute atomic E-state index is 0.551. The van der Waals surface area contributed by atoms with Gasteiger partial charge in [-0.15, -0.1) is 11.3 Å². The minimum atomic E-state index is 0.551. The van der Waals surface area contributed by atoms with Crippen LogP contribution in [0, 0.1) is 0 Å². The van der Waals surface area contributed by atoms with Crippen molar-refractivity contribution in [3.63, 3.8) is 0 Å². The third kappa shape index (κ3) is 2.47. The maximum absolute atomic E-state index is 3.44. The summed E-state index contributed by atoms with van der Waals surface area (Å²) >= 11 is 1.97. The van der Waals surface area contributed by atoms with Gasteiger partial charge in [0.1, 0.15) is 0 Å². The maximum Gasteiger partial charge on any atom is 0.0413 e. The van der Waals surface area contributed by atoms with E-state index in [9.17, 15) is 0 Å². The molecule has 0 aromatic carbocycles. The molecule has 2 heterocycles. The highest BCUT2D eigenvalue weighted by atomic mass is 32.1. The molecule has 2 unspecified atom stereocenters. The number of nitrogens with one attached hydrogen (secondary N) is 1. The Morgan fingerprint density at radius 1 is 1.56 bits per heavy atom. The largest absolute Gasteiger partial charge is 0.315 e. The van der Waals surface area contributed by atoms with Crippen molar-refractivity contribution in [2.45, 2.75) is 38.8 Å². The van der Waals surface area contributed by atoms with Gasteiger partial charge in [0.15, 0.2) is 0 Å². The Morgan fingerprint density at radius 3 is 2.94 bits per heavy atom. The number of hydrogen-bond donors (Lipinski definition) is 1. The van der Waals surface area contributed by atoms with E-state index in [2.05, 4.69) is 43.2 Å². The van der Waals surface area contributed by atoms with E-state index >= 15 is 0 Å². The van der Waals surface area contributed by atoms with Crippen molar-refractivity contribution in [2.24, 2.45) is 0 Å². The van der Waals surface area contributed by atoms with Crippen LogP contribution in [0.1, 0.15) is 36.1 Å². The van der Waals surface area contributed by atoms with E-state index in [1.807, 2.05) is 11.3 Å². The zero-order valence-electron chi connectivity index (χ0n) is 10.5. The van der Waals surface area contributed by atoms with Gasteiger partial charge in [-0.2, -0.15) is 0 Å². The molecule has 1 aliphatic heterocycles. The lowest BCUT2D eigenvalue weighted by atomic mass is 10.1. The Kier molecular flexibility index (Phi) is 4.00. The lowest BCUT2D eigenvalue weighted by molar-refractivity contribution is 0.199. The second kappa shape index (κ2) is 5.30. The van der Waals surface area contributed by atoms with Crippen LogP contribution in [0.3, 0.4) is 0 Å². The van der Waals surface area contributed by atoms with Crippen LogP contribution in [0.4, 0.5) is 0 Å². The fourth-order valence-electron chi connectivity index (χ4n) is 2.31. The zero-order valence-corrected chi connectivity index (χ0v) is 11.3. The fraction of sp³-hybridized carbons (Fsp3) is 0.692. The van der Waals surface area contributed by atoms with Crippen LogP contribution in [0.15, 0.2) is 12.1 Å². The van der Waals surface area contributed by atoms with Gasteiger partial charge in [0.25, 0.3) is 0 Å². The summed E-state index contributed by atoms with van der Waals surface area (Å²) in [5.74, 6) is 0. The first-order valence-corrected chi connectivity index (χ1v) is 7.05. The number of hydrogen-bond acceptors (Lipinski definition) is 3. The summed E-state index contributed by atoms with van der Waals surface area (Å²) in [6.07, 6.45) is 2.44. The normalized spacial score (nSPS) is 22.9. The SMILES string of the molecule is CCc1ccc(C(C)N(C)C2CCNC2)s1. The van der Waals surface area contributed by atoms with Crippen LogP contribution in [0.25, 0.3) is 0 Å². The van der Waals surface area contributed by atoms with Crippen molar-refractivity contribution in [2.75, 3.05) is 20.1 Å². The maximum atomic E-state index is 3.44. The first kappa shape index (κ1) is 12.1. The summed E-state index contributed by atoms with van der Waals surface area (Å²) in [5, 5.41) is 3.44. The van der Waals surface area contributed by atoms with E-state index < -0.39 is 0 Å². The van der Waals surface area contributed by atoms with E-state index in [1.54, 1.807) is 0 Å². The molecule has 0 radical (unpaired) electrons. The summed E-state index contributed by atoms with van der Waals surface area (Å²) in [4.78, 5) is 5.52.